The van der Waals surface area contributed by atoms with Gasteiger partial charge in [-0.25, -0.2) is 0 Å². The minimum Gasteiger partial charge on any atom is -0.382 e. The minimum atomic E-state index is -5.70. The molecule has 0 aromatic heterocycles. The number of hydrogen-bond acceptors (Lipinski definition) is 9. The molecular formula is C12H9F9O9S3. The molecule has 9 nitrogen and oxygen atoms in total. The molecule has 0 saturated heterocycles. The minimum absolute atomic E-state index is 0.0275. The number of halogens is 9. The summed E-state index contributed by atoms with van der Waals surface area (Å²) in [5.41, 5.74) is 0. The number of hydrogen-bond donors (Lipinski definition) is 0. The van der Waals surface area contributed by atoms with E-state index >= 15 is 0 Å². The normalized spacial score (nSPS) is 14.1. The van der Waals surface area contributed by atoms with Crippen molar-refractivity contribution in [1.29, 1.82) is 0 Å². The monoisotopic (exact) mass is 564 g/mol. The van der Waals surface area contributed by atoms with E-state index in [2.05, 4.69) is 12.5 Å². The van der Waals surface area contributed by atoms with Crippen LogP contribution in [0, 0.1) is 0 Å². The van der Waals surface area contributed by atoms with Gasteiger partial charge in [-0.15, -0.1) is 0 Å². The highest BCUT2D eigenvalue weighted by atomic mass is 32.2. The highest BCUT2D eigenvalue weighted by Gasteiger charge is 2.40. The Morgan fingerprint density at radius 1 is 0.545 bits per heavy atom. The predicted molar refractivity (Wildman–Crippen MR) is 87.9 cm³/mol. The van der Waals surface area contributed by atoms with Crippen LogP contribution < -0.4 is 12.5 Å². The summed E-state index contributed by atoms with van der Waals surface area (Å²) < 4.78 is 191. The van der Waals surface area contributed by atoms with E-state index in [-0.39, 0.29) is 12.1 Å². The number of benzene rings is 1. The molecule has 0 aliphatic heterocycles. The van der Waals surface area contributed by atoms with Crippen LogP contribution in [0.3, 0.4) is 0 Å². The molecule has 0 fully saturated rings. The molecule has 0 unspecified atom stereocenters. The van der Waals surface area contributed by atoms with Crippen LogP contribution in [0.2, 0.25) is 0 Å². The average Bonchev–Trinajstić information content (AvgIpc) is 2.40. The van der Waals surface area contributed by atoms with Crippen molar-refractivity contribution in [2.24, 2.45) is 0 Å². The molecule has 21 heteroatoms. The molecule has 0 aliphatic carbocycles. The predicted octanol–water partition coefficient (Wildman–Crippen LogP) is 2.50. The Morgan fingerprint density at radius 2 is 0.879 bits per heavy atom. The molecule has 0 heterocycles. The molecule has 192 valence electrons. The Morgan fingerprint density at radius 3 is 1.24 bits per heavy atom. The summed E-state index contributed by atoms with van der Waals surface area (Å²) in [6.07, 6.45) is -16.1. The van der Waals surface area contributed by atoms with Crippen LogP contribution in [0.4, 0.5) is 39.5 Å². The molecule has 0 radical (unpaired) electrons. The molecular weight excluding hydrogens is 555 g/mol. The van der Waals surface area contributed by atoms with E-state index in [0.717, 1.165) is 0 Å². The molecule has 0 spiro atoms. The van der Waals surface area contributed by atoms with Crippen molar-refractivity contribution in [2.75, 3.05) is 17.3 Å². The highest BCUT2D eigenvalue weighted by Crippen LogP contribution is 2.36. The fourth-order valence-electron chi connectivity index (χ4n) is 1.78. The van der Waals surface area contributed by atoms with Crippen molar-refractivity contribution in [3.63, 3.8) is 0 Å². The van der Waals surface area contributed by atoms with Gasteiger partial charge >= 0.3 is 48.9 Å². The molecule has 0 amide bonds. The average molecular weight is 564 g/mol. The van der Waals surface area contributed by atoms with Gasteiger partial charge in [0.2, 0.25) is 0 Å². The lowest BCUT2D eigenvalue weighted by atomic mass is 10.3. The molecule has 0 saturated carbocycles. The van der Waals surface area contributed by atoms with E-state index in [1.165, 1.54) is 0 Å². The van der Waals surface area contributed by atoms with E-state index in [0.29, 0.717) is 6.07 Å². The second-order valence-corrected chi connectivity index (χ2v) is 10.5. The van der Waals surface area contributed by atoms with E-state index in [1.54, 1.807) is 0 Å². The van der Waals surface area contributed by atoms with Gasteiger partial charge in [0.15, 0.2) is 28.8 Å². The second-order valence-electron chi connectivity index (χ2n) is 5.81. The van der Waals surface area contributed by atoms with E-state index in [4.69, 9.17) is 0 Å². The standard InChI is InChI=1S/C12H9F9O9S3/c13-10(14,15)4-31(22,23)28-7-1-2-8(29-32(24,25)5-11(16,17)18)9(3-7)30-33(26,27)6-12(19,20)21/h1-3H,4-6H2. The Bertz CT molecular complexity index is 1170. The van der Waals surface area contributed by atoms with Gasteiger partial charge in [-0.3, -0.25) is 0 Å². The summed E-state index contributed by atoms with van der Waals surface area (Å²) in [5.74, 6) is -12.3. The lowest BCUT2D eigenvalue weighted by Gasteiger charge is -2.15. The lowest BCUT2D eigenvalue weighted by Crippen LogP contribution is -2.28. The van der Waals surface area contributed by atoms with Gasteiger partial charge in [0.1, 0.15) is 5.75 Å². The summed E-state index contributed by atoms with van der Waals surface area (Å²) in [5, 5.41) is 0. The summed E-state index contributed by atoms with van der Waals surface area (Å²) in [4.78, 5) is 0. The first kappa shape index (κ1) is 28.9. The zero-order valence-electron chi connectivity index (χ0n) is 15.2. The molecule has 0 aliphatic rings. The first-order chi connectivity index (χ1) is 14.4. The third-order valence-corrected chi connectivity index (χ3v) is 5.95. The first-order valence-corrected chi connectivity index (χ1v) is 12.2. The Labute approximate surface area is 179 Å². The fourth-order valence-corrected chi connectivity index (χ4v) is 4.38. The molecule has 0 atom stereocenters. The van der Waals surface area contributed by atoms with Crippen LogP contribution in [0.25, 0.3) is 0 Å². The van der Waals surface area contributed by atoms with E-state index in [1.807, 2.05) is 0 Å². The van der Waals surface area contributed by atoms with Crippen molar-refractivity contribution >= 4 is 30.4 Å². The maximum absolute atomic E-state index is 12.3. The molecule has 0 bridgehead atoms. The van der Waals surface area contributed by atoms with Crippen LogP contribution in [-0.4, -0.2) is 61.0 Å². The van der Waals surface area contributed by atoms with Crippen molar-refractivity contribution in [1.82, 2.24) is 0 Å². The third kappa shape index (κ3) is 12.0. The van der Waals surface area contributed by atoms with Crippen molar-refractivity contribution < 1.29 is 77.3 Å². The molecule has 1 rings (SSSR count). The topological polar surface area (TPSA) is 130 Å². The first-order valence-electron chi connectivity index (χ1n) is 7.48. The SMILES string of the molecule is O=S(=O)(CC(F)(F)F)Oc1ccc(OS(=O)(=O)CC(F)(F)F)c(OS(=O)(=O)CC(F)(F)F)c1. The van der Waals surface area contributed by atoms with Gasteiger partial charge in [-0.05, 0) is 12.1 Å². The largest absolute Gasteiger partial charge is 0.406 e. The van der Waals surface area contributed by atoms with E-state index in [9.17, 15) is 64.8 Å². The smallest absolute Gasteiger partial charge is 0.382 e. The zero-order valence-corrected chi connectivity index (χ0v) is 17.6. The van der Waals surface area contributed by atoms with Crippen molar-refractivity contribution in [2.45, 2.75) is 18.5 Å². The molecule has 1 aromatic rings. The Kier molecular flexibility index (Phi) is 8.08. The van der Waals surface area contributed by atoms with Crippen molar-refractivity contribution in [3.8, 4) is 17.2 Å². The van der Waals surface area contributed by atoms with Crippen molar-refractivity contribution in [3.05, 3.63) is 18.2 Å². The fraction of sp³-hybridized carbons (Fsp3) is 0.500. The maximum atomic E-state index is 12.3. The van der Waals surface area contributed by atoms with Gasteiger partial charge in [0.05, 0.1) is 0 Å². The molecule has 33 heavy (non-hydrogen) atoms. The second kappa shape index (κ2) is 9.24. The van der Waals surface area contributed by atoms with Crippen LogP contribution in [-0.2, 0) is 30.4 Å². The lowest BCUT2D eigenvalue weighted by molar-refractivity contribution is -0.108. The maximum Gasteiger partial charge on any atom is 0.406 e. The molecule has 0 N–H and O–H groups in total. The molecule has 1 aromatic carbocycles. The summed E-state index contributed by atoms with van der Waals surface area (Å²) in [7, 11) is -16.8. The third-order valence-electron chi connectivity index (χ3n) is 2.59. The quantitative estimate of drug-likeness (QED) is 0.328. The van der Waals surface area contributed by atoms with E-state index < -0.39 is 83.4 Å². The van der Waals surface area contributed by atoms with Crippen LogP contribution in [0.15, 0.2) is 18.2 Å². The Hall–Kier alpha value is -2.16. The van der Waals surface area contributed by atoms with Gasteiger partial charge in [0, 0.05) is 6.07 Å². The van der Waals surface area contributed by atoms with Gasteiger partial charge in [0.25, 0.3) is 0 Å². The highest BCUT2D eigenvalue weighted by molar-refractivity contribution is 7.87. The summed E-state index contributed by atoms with van der Waals surface area (Å²) in [6, 6.07) is 0.445. The zero-order chi connectivity index (χ0) is 26.1. The van der Waals surface area contributed by atoms with Crippen LogP contribution in [0.1, 0.15) is 0 Å². The van der Waals surface area contributed by atoms with Gasteiger partial charge < -0.3 is 12.5 Å². The number of rotatable bonds is 9. The van der Waals surface area contributed by atoms with Crippen LogP contribution in [0.5, 0.6) is 17.2 Å². The summed E-state index contributed by atoms with van der Waals surface area (Å²) in [6.45, 7) is 0. The number of alkyl halides is 9. The van der Waals surface area contributed by atoms with Gasteiger partial charge in [-0.1, -0.05) is 0 Å². The van der Waals surface area contributed by atoms with Crippen LogP contribution >= 0.6 is 0 Å². The van der Waals surface area contributed by atoms with Gasteiger partial charge in [-0.2, -0.15) is 64.8 Å². The Balaban J connectivity index is 3.42. The summed E-state index contributed by atoms with van der Waals surface area (Å²) >= 11 is 0.